The molecule has 4 atom stereocenters. The van der Waals surface area contributed by atoms with Crippen LogP contribution in [0, 0.1) is 11.8 Å². The number of benzene rings is 2. The summed E-state index contributed by atoms with van der Waals surface area (Å²) in [6.45, 7) is 1.63. The van der Waals surface area contributed by atoms with Gasteiger partial charge in [0.2, 0.25) is 18.6 Å². The van der Waals surface area contributed by atoms with Crippen LogP contribution in [0.1, 0.15) is 11.1 Å². The van der Waals surface area contributed by atoms with Crippen molar-refractivity contribution in [2.45, 2.75) is 24.7 Å². The first kappa shape index (κ1) is 20.6. The summed E-state index contributed by atoms with van der Waals surface area (Å²) < 4.78 is 17.0. The molecule has 2 aromatic carbocycles. The highest BCUT2D eigenvalue weighted by Crippen LogP contribution is 2.52. The molecule has 0 radical (unpaired) electrons. The van der Waals surface area contributed by atoms with Crippen molar-refractivity contribution in [1.29, 1.82) is 0 Å². The Balaban J connectivity index is 1.05. The summed E-state index contributed by atoms with van der Waals surface area (Å²) in [4.78, 5) is 31.9. The quantitative estimate of drug-likeness (QED) is 0.539. The molecule has 0 saturated carbocycles. The highest BCUT2D eigenvalue weighted by molar-refractivity contribution is 5.93. The molecule has 0 unspecified atom stereocenters. The van der Waals surface area contributed by atoms with Crippen molar-refractivity contribution in [2.75, 3.05) is 19.9 Å². The van der Waals surface area contributed by atoms with Crippen LogP contribution in [0.4, 0.5) is 0 Å². The lowest BCUT2D eigenvalue weighted by molar-refractivity contribution is -0.137. The van der Waals surface area contributed by atoms with E-state index in [1.165, 1.54) is 10.9 Å². The smallest absolute Gasteiger partial charge is 0.231 e. The molecule has 1 aromatic heterocycles. The minimum atomic E-state index is -0.706. The molecular weight excluding hydrogens is 446 g/mol. The number of rotatable bonds is 6. The fraction of sp³-hybridized carbons (Fsp3) is 0.333. The molecule has 2 bridgehead atoms. The summed E-state index contributed by atoms with van der Waals surface area (Å²) >= 11 is 0. The first-order valence-electron chi connectivity index (χ1n) is 12.0. The van der Waals surface area contributed by atoms with Crippen molar-refractivity contribution in [1.82, 2.24) is 15.2 Å². The Morgan fingerprint density at radius 2 is 2.06 bits per heavy atom. The first-order chi connectivity index (χ1) is 17.1. The van der Waals surface area contributed by atoms with Crippen molar-refractivity contribution in [3.63, 3.8) is 0 Å². The first-order valence-corrected chi connectivity index (χ1v) is 12.0. The summed E-state index contributed by atoms with van der Waals surface area (Å²) in [5, 5.41) is 4.19. The van der Waals surface area contributed by atoms with E-state index in [-0.39, 0.29) is 24.7 Å². The Kier molecular flexibility index (Phi) is 4.48. The van der Waals surface area contributed by atoms with E-state index in [4.69, 9.17) is 14.2 Å². The van der Waals surface area contributed by atoms with E-state index in [1.54, 1.807) is 0 Å². The maximum atomic E-state index is 13.5. The second-order valence-electron chi connectivity index (χ2n) is 9.67. The zero-order valence-corrected chi connectivity index (χ0v) is 19.0. The molecule has 2 saturated heterocycles. The van der Waals surface area contributed by atoms with Crippen LogP contribution in [0.25, 0.3) is 10.9 Å². The van der Waals surface area contributed by atoms with Gasteiger partial charge in [-0.2, -0.15) is 0 Å². The topological polar surface area (TPSA) is 92.9 Å². The van der Waals surface area contributed by atoms with Gasteiger partial charge in [-0.05, 0) is 35.7 Å². The number of para-hydroxylation sites is 1. The number of fused-ring (bicyclic) bond motifs is 3. The van der Waals surface area contributed by atoms with Crippen LogP contribution in [0.2, 0.25) is 0 Å². The molecule has 1 spiro atoms. The number of nitrogens with zero attached hydrogens (tertiary/aromatic N) is 1. The van der Waals surface area contributed by atoms with E-state index in [9.17, 15) is 9.59 Å². The molecular formula is C27H25N3O5. The Bertz CT molecular complexity index is 1380. The lowest BCUT2D eigenvalue weighted by Gasteiger charge is -2.23. The summed E-state index contributed by atoms with van der Waals surface area (Å²) in [5.41, 5.74) is 2.48. The van der Waals surface area contributed by atoms with Crippen molar-refractivity contribution in [3.8, 4) is 11.5 Å². The van der Waals surface area contributed by atoms with Gasteiger partial charge in [0, 0.05) is 30.2 Å². The number of likely N-dealkylation sites (tertiary alicyclic amines) is 1. The molecule has 2 fully saturated rings. The zero-order chi connectivity index (χ0) is 23.6. The molecule has 8 nitrogen and oxygen atoms in total. The predicted octanol–water partition coefficient (Wildman–Crippen LogP) is 2.54. The lowest BCUT2D eigenvalue weighted by atomic mass is 9.77. The van der Waals surface area contributed by atoms with Crippen molar-refractivity contribution < 1.29 is 23.8 Å². The van der Waals surface area contributed by atoms with Gasteiger partial charge in [0.05, 0.1) is 24.5 Å². The molecule has 3 aromatic rings. The second-order valence-corrected chi connectivity index (χ2v) is 9.67. The summed E-state index contributed by atoms with van der Waals surface area (Å²) in [5.74, 6) is 0.212. The van der Waals surface area contributed by atoms with Crippen LogP contribution in [-0.2, 0) is 27.3 Å². The van der Waals surface area contributed by atoms with E-state index in [0.717, 1.165) is 17.5 Å². The minimum absolute atomic E-state index is 0.0000733. The van der Waals surface area contributed by atoms with Gasteiger partial charge in [0.1, 0.15) is 5.60 Å². The highest BCUT2D eigenvalue weighted by atomic mass is 16.7. The third-order valence-corrected chi connectivity index (χ3v) is 7.71. The summed E-state index contributed by atoms with van der Waals surface area (Å²) in [7, 11) is 0. The molecule has 8 heteroatoms. The summed E-state index contributed by atoms with van der Waals surface area (Å²) in [6.07, 6.45) is 6.33. The molecule has 2 amide bonds. The molecule has 35 heavy (non-hydrogen) atoms. The van der Waals surface area contributed by atoms with E-state index in [0.29, 0.717) is 31.1 Å². The van der Waals surface area contributed by atoms with Gasteiger partial charge in [0.15, 0.2) is 11.5 Å². The average Bonchev–Trinajstić information content (AvgIpc) is 3.68. The molecule has 7 rings (SSSR count). The Labute approximate surface area is 201 Å². The Morgan fingerprint density at radius 1 is 1.17 bits per heavy atom. The third-order valence-electron chi connectivity index (χ3n) is 7.71. The molecule has 178 valence electrons. The second kappa shape index (κ2) is 7.61. The Hall–Kier alpha value is -3.78. The predicted molar refractivity (Wildman–Crippen MR) is 127 cm³/mol. The van der Waals surface area contributed by atoms with E-state index >= 15 is 0 Å². The van der Waals surface area contributed by atoms with E-state index in [2.05, 4.69) is 16.4 Å². The largest absolute Gasteiger partial charge is 0.454 e. The fourth-order valence-corrected chi connectivity index (χ4v) is 6.02. The molecule has 4 aliphatic heterocycles. The number of hydrogen-bond donors (Lipinski definition) is 2. The van der Waals surface area contributed by atoms with Gasteiger partial charge < -0.3 is 29.4 Å². The summed E-state index contributed by atoms with van der Waals surface area (Å²) in [6, 6.07) is 13.8. The maximum absolute atomic E-state index is 13.5. The lowest BCUT2D eigenvalue weighted by Crippen LogP contribution is -2.44. The number of hydrogen-bond acceptors (Lipinski definition) is 5. The number of aromatic nitrogens is 1. The molecule has 0 aliphatic carbocycles. The number of amides is 2. The number of carbonyl (C=O) groups is 2. The van der Waals surface area contributed by atoms with Crippen LogP contribution >= 0.6 is 0 Å². The van der Waals surface area contributed by atoms with Gasteiger partial charge in [-0.3, -0.25) is 9.59 Å². The molecule has 2 N–H and O–H groups in total. The van der Waals surface area contributed by atoms with Gasteiger partial charge in [-0.15, -0.1) is 0 Å². The highest BCUT2D eigenvalue weighted by Gasteiger charge is 2.66. The van der Waals surface area contributed by atoms with E-state index < -0.39 is 17.4 Å². The van der Waals surface area contributed by atoms with Crippen molar-refractivity contribution in [3.05, 3.63) is 71.9 Å². The Morgan fingerprint density at radius 3 is 3.00 bits per heavy atom. The van der Waals surface area contributed by atoms with Gasteiger partial charge in [0.25, 0.3) is 0 Å². The van der Waals surface area contributed by atoms with Gasteiger partial charge >= 0.3 is 0 Å². The van der Waals surface area contributed by atoms with Crippen LogP contribution in [-0.4, -0.2) is 53.3 Å². The normalized spacial score (nSPS) is 27.7. The monoisotopic (exact) mass is 471 g/mol. The molecule has 4 aliphatic rings. The zero-order valence-electron chi connectivity index (χ0n) is 19.0. The van der Waals surface area contributed by atoms with Crippen molar-refractivity contribution in [2.24, 2.45) is 11.8 Å². The van der Waals surface area contributed by atoms with Crippen LogP contribution in [0.3, 0.4) is 0 Å². The standard InChI is InChI=1S/C27H25N3O5/c31-25(29-12-16-5-6-20-22(11-16)34-15-33-20)23-21-7-9-27(35-21)14-30(26(32)24(23)27)10-8-17-13-28-19-4-2-1-3-18(17)19/h1-7,9,11,13,21,23-24,28H,8,10,12,14-15H2,(H,29,31)/t21-,23+,24-,27+/m1/s1. The van der Waals surface area contributed by atoms with Crippen LogP contribution < -0.4 is 14.8 Å². The van der Waals surface area contributed by atoms with E-state index in [1.807, 2.05) is 59.6 Å². The number of ether oxygens (including phenoxy) is 3. The number of carbonyl (C=O) groups excluding carboxylic acids is 2. The van der Waals surface area contributed by atoms with Gasteiger partial charge in [-0.1, -0.05) is 36.4 Å². The number of H-pyrrole nitrogens is 1. The number of aromatic amines is 1. The van der Waals surface area contributed by atoms with Crippen LogP contribution in [0.5, 0.6) is 11.5 Å². The SMILES string of the molecule is O=C(NCc1ccc2c(c1)OCO2)[C@H]1[C@H]2C=C[C@@]3(CN(CCc4c[nH]c5ccccc45)C(=O)[C@@H]13)O2. The van der Waals surface area contributed by atoms with Gasteiger partial charge in [-0.25, -0.2) is 0 Å². The fourth-order valence-electron chi connectivity index (χ4n) is 6.02. The van der Waals surface area contributed by atoms with Crippen LogP contribution in [0.15, 0.2) is 60.8 Å². The van der Waals surface area contributed by atoms with Crippen molar-refractivity contribution >= 4 is 22.7 Å². The minimum Gasteiger partial charge on any atom is -0.454 e. The average molecular weight is 472 g/mol. The third kappa shape index (κ3) is 3.16. The molecule has 5 heterocycles. The number of nitrogens with one attached hydrogen (secondary N) is 2. The maximum Gasteiger partial charge on any atom is 0.231 e.